The lowest BCUT2D eigenvalue weighted by atomic mass is 10.1. The number of hydrogen-bond acceptors (Lipinski definition) is 4. The van der Waals surface area contributed by atoms with E-state index in [1.807, 2.05) is 18.4 Å². The Morgan fingerprint density at radius 3 is 2.35 bits per heavy atom. The zero-order valence-electron chi connectivity index (χ0n) is 16.8. The molecule has 5 nitrogen and oxygen atoms in total. The Balaban J connectivity index is 0.00000338. The minimum atomic E-state index is 0. The largest absolute Gasteiger partial charge is 0.356 e. The van der Waals surface area contributed by atoms with Gasteiger partial charge in [-0.25, -0.2) is 0 Å². The normalized spacial score (nSPS) is 17.6. The van der Waals surface area contributed by atoms with Crippen LogP contribution in [0.25, 0.3) is 0 Å². The minimum absolute atomic E-state index is 0. The van der Waals surface area contributed by atoms with Crippen molar-refractivity contribution in [1.29, 1.82) is 0 Å². The number of rotatable bonds is 8. The van der Waals surface area contributed by atoms with Gasteiger partial charge in [0.1, 0.15) is 0 Å². The monoisotopic (exact) mass is 493 g/mol. The number of guanidine groups is 1. The third kappa shape index (κ3) is 8.10. The van der Waals surface area contributed by atoms with Crippen LogP contribution in [0.15, 0.2) is 17.1 Å². The highest BCUT2D eigenvalue weighted by Gasteiger charge is 2.17. The standard InChI is InChI=1S/C19H35N5S.HI/c1-5-17-7-8-18(25-17)14-22-19(20-4)21-13-16(3)15-24-11-9-23(6-2)10-12-24;/h7-8,16H,5-6,9-15H2,1-4H3,(H2,20,21,22);1H. The first-order valence-electron chi connectivity index (χ1n) is 9.61. The zero-order chi connectivity index (χ0) is 18.1. The van der Waals surface area contributed by atoms with Crippen molar-refractivity contribution in [2.45, 2.75) is 33.7 Å². The van der Waals surface area contributed by atoms with E-state index < -0.39 is 0 Å². The van der Waals surface area contributed by atoms with Gasteiger partial charge in [-0.15, -0.1) is 35.3 Å². The average molecular weight is 494 g/mol. The molecule has 0 radical (unpaired) electrons. The molecular weight excluding hydrogens is 457 g/mol. The van der Waals surface area contributed by atoms with Gasteiger partial charge in [-0.05, 0) is 31.0 Å². The second kappa shape index (κ2) is 12.9. The molecule has 1 aliphatic heterocycles. The molecule has 0 aromatic carbocycles. The molecule has 1 aromatic rings. The molecule has 0 amide bonds. The third-order valence-corrected chi connectivity index (χ3v) is 6.05. The fraction of sp³-hybridized carbons (Fsp3) is 0.737. The number of aryl methyl sites for hydroxylation is 1. The van der Waals surface area contributed by atoms with Gasteiger partial charge in [0.25, 0.3) is 0 Å². The average Bonchev–Trinajstić information content (AvgIpc) is 3.10. The van der Waals surface area contributed by atoms with Crippen molar-refractivity contribution in [3.63, 3.8) is 0 Å². The van der Waals surface area contributed by atoms with Crippen molar-refractivity contribution in [3.05, 3.63) is 21.9 Å². The van der Waals surface area contributed by atoms with Crippen molar-refractivity contribution in [2.75, 3.05) is 52.9 Å². The molecule has 26 heavy (non-hydrogen) atoms. The smallest absolute Gasteiger partial charge is 0.191 e. The van der Waals surface area contributed by atoms with E-state index in [2.05, 4.69) is 58.3 Å². The first-order valence-corrected chi connectivity index (χ1v) is 10.4. The van der Waals surface area contributed by atoms with Crippen LogP contribution < -0.4 is 10.6 Å². The SMILES string of the molecule is CCc1ccc(CNC(=NC)NCC(C)CN2CCN(CC)CC2)s1.I. The summed E-state index contributed by atoms with van der Waals surface area (Å²) in [5.74, 6) is 1.51. The van der Waals surface area contributed by atoms with Crippen molar-refractivity contribution in [3.8, 4) is 0 Å². The molecule has 1 aromatic heterocycles. The van der Waals surface area contributed by atoms with Crippen LogP contribution in [0.5, 0.6) is 0 Å². The number of likely N-dealkylation sites (N-methyl/N-ethyl adjacent to an activating group) is 1. The van der Waals surface area contributed by atoms with Crippen LogP contribution in [0.1, 0.15) is 30.5 Å². The number of aliphatic imine (C=N–C) groups is 1. The van der Waals surface area contributed by atoms with Crippen LogP contribution in [-0.2, 0) is 13.0 Å². The van der Waals surface area contributed by atoms with Crippen LogP contribution in [0.2, 0.25) is 0 Å². The van der Waals surface area contributed by atoms with E-state index in [0.717, 1.165) is 32.0 Å². The number of nitrogens with one attached hydrogen (secondary N) is 2. The van der Waals surface area contributed by atoms with Crippen molar-refractivity contribution >= 4 is 41.3 Å². The topological polar surface area (TPSA) is 42.9 Å². The van der Waals surface area contributed by atoms with Gasteiger partial charge >= 0.3 is 0 Å². The van der Waals surface area contributed by atoms with Gasteiger partial charge < -0.3 is 20.4 Å². The molecule has 2 heterocycles. The number of halogens is 1. The number of nitrogens with zero attached hydrogens (tertiary/aromatic N) is 3. The van der Waals surface area contributed by atoms with Crippen LogP contribution in [-0.4, -0.2) is 68.6 Å². The molecule has 7 heteroatoms. The first-order chi connectivity index (χ1) is 12.1. The van der Waals surface area contributed by atoms with Crippen LogP contribution >= 0.6 is 35.3 Å². The Kier molecular flexibility index (Phi) is 11.7. The molecular formula is C19H36IN5S. The van der Waals surface area contributed by atoms with Crippen LogP contribution in [0.4, 0.5) is 0 Å². The zero-order valence-corrected chi connectivity index (χ0v) is 19.9. The summed E-state index contributed by atoms with van der Waals surface area (Å²) in [6.45, 7) is 15.7. The molecule has 2 rings (SSSR count). The summed E-state index contributed by atoms with van der Waals surface area (Å²) in [5, 5.41) is 6.90. The predicted octanol–water partition coefficient (Wildman–Crippen LogP) is 2.87. The molecule has 1 saturated heterocycles. The lowest BCUT2D eigenvalue weighted by Crippen LogP contribution is -2.48. The molecule has 1 atom stereocenters. The summed E-state index contributed by atoms with van der Waals surface area (Å²) < 4.78 is 0. The summed E-state index contributed by atoms with van der Waals surface area (Å²) in [6.07, 6.45) is 1.11. The summed E-state index contributed by atoms with van der Waals surface area (Å²) in [7, 11) is 1.84. The van der Waals surface area contributed by atoms with Crippen molar-refractivity contribution in [1.82, 2.24) is 20.4 Å². The lowest BCUT2D eigenvalue weighted by molar-refractivity contribution is 0.124. The fourth-order valence-corrected chi connectivity index (χ4v) is 4.06. The van der Waals surface area contributed by atoms with E-state index in [4.69, 9.17) is 0 Å². The number of piperazine rings is 1. The van der Waals surface area contributed by atoms with Gasteiger partial charge in [0.15, 0.2) is 5.96 Å². The van der Waals surface area contributed by atoms with E-state index in [9.17, 15) is 0 Å². The Bertz CT molecular complexity index is 526. The maximum atomic E-state index is 4.35. The molecule has 0 bridgehead atoms. The molecule has 0 saturated carbocycles. The van der Waals surface area contributed by atoms with Gasteiger partial charge in [-0.1, -0.05) is 20.8 Å². The summed E-state index contributed by atoms with van der Waals surface area (Å²) >= 11 is 1.88. The molecule has 1 fully saturated rings. The second-order valence-electron chi connectivity index (χ2n) is 6.87. The van der Waals surface area contributed by atoms with Gasteiger partial charge in [0.2, 0.25) is 0 Å². The third-order valence-electron chi connectivity index (χ3n) is 4.82. The van der Waals surface area contributed by atoms with E-state index in [0.29, 0.717) is 5.92 Å². The molecule has 2 N–H and O–H groups in total. The predicted molar refractivity (Wildman–Crippen MR) is 125 cm³/mol. The Labute approximate surface area is 180 Å². The fourth-order valence-electron chi connectivity index (χ4n) is 3.16. The molecule has 0 aliphatic carbocycles. The highest BCUT2D eigenvalue weighted by atomic mass is 127. The first kappa shape index (κ1) is 23.7. The highest BCUT2D eigenvalue weighted by molar-refractivity contribution is 14.0. The maximum Gasteiger partial charge on any atom is 0.191 e. The molecule has 0 spiro atoms. The molecule has 150 valence electrons. The van der Waals surface area contributed by atoms with Crippen LogP contribution in [0, 0.1) is 5.92 Å². The van der Waals surface area contributed by atoms with Crippen molar-refractivity contribution in [2.24, 2.45) is 10.9 Å². The quantitative estimate of drug-likeness (QED) is 0.332. The minimum Gasteiger partial charge on any atom is -0.356 e. The van der Waals surface area contributed by atoms with Gasteiger partial charge in [0.05, 0.1) is 6.54 Å². The molecule has 1 aliphatic rings. The number of hydrogen-bond donors (Lipinski definition) is 2. The lowest BCUT2D eigenvalue weighted by Gasteiger charge is -2.35. The van der Waals surface area contributed by atoms with E-state index in [1.54, 1.807) is 0 Å². The van der Waals surface area contributed by atoms with Crippen LogP contribution in [0.3, 0.4) is 0 Å². The van der Waals surface area contributed by atoms with E-state index in [1.165, 1.54) is 42.5 Å². The highest BCUT2D eigenvalue weighted by Crippen LogP contribution is 2.16. The summed E-state index contributed by atoms with van der Waals surface area (Å²) in [4.78, 5) is 12.3. The second-order valence-corrected chi connectivity index (χ2v) is 8.12. The van der Waals surface area contributed by atoms with Crippen molar-refractivity contribution < 1.29 is 0 Å². The van der Waals surface area contributed by atoms with Gasteiger partial charge in [-0.3, -0.25) is 4.99 Å². The summed E-state index contributed by atoms with van der Waals surface area (Å²) in [5.41, 5.74) is 0. The Hall–Kier alpha value is -0.380. The Morgan fingerprint density at radius 1 is 1.12 bits per heavy atom. The Morgan fingerprint density at radius 2 is 1.77 bits per heavy atom. The summed E-state index contributed by atoms with van der Waals surface area (Å²) in [6, 6.07) is 4.43. The number of thiophene rings is 1. The van der Waals surface area contributed by atoms with Gasteiger partial charge in [-0.2, -0.15) is 0 Å². The maximum absolute atomic E-state index is 4.35. The van der Waals surface area contributed by atoms with E-state index in [-0.39, 0.29) is 24.0 Å². The molecule has 1 unspecified atom stereocenters. The van der Waals surface area contributed by atoms with Gasteiger partial charge in [0, 0.05) is 56.1 Å². The van der Waals surface area contributed by atoms with E-state index >= 15 is 0 Å².